The van der Waals surface area contributed by atoms with Crippen molar-refractivity contribution in [2.75, 3.05) is 0 Å². The summed E-state index contributed by atoms with van der Waals surface area (Å²) >= 11 is 0. The molecule has 0 atom stereocenters. The largest absolute Gasteiger partial charge is 0.507 e. The lowest BCUT2D eigenvalue weighted by Gasteiger charge is -2.13. The average molecular weight is 501 g/mol. The normalized spacial score (nSPS) is 11.6. The Morgan fingerprint density at radius 1 is 1.03 bits per heavy atom. The highest BCUT2D eigenvalue weighted by atomic mass is 19.4. The number of hydrogen-bond donors (Lipinski definition) is 2. The summed E-state index contributed by atoms with van der Waals surface area (Å²) in [4.78, 5) is 23.4. The minimum absolute atomic E-state index is 0.0413. The highest BCUT2D eigenvalue weighted by Crippen LogP contribution is 2.34. The first-order valence-corrected chi connectivity index (χ1v) is 10.4. The molecule has 2 N–H and O–H groups in total. The number of aromatic nitrogens is 5. The molecule has 186 valence electrons. The Balaban J connectivity index is 1.65. The van der Waals surface area contributed by atoms with Crippen molar-refractivity contribution < 1.29 is 37.7 Å². The van der Waals surface area contributed by atoms with Crippen LogP contribution in [0, 0.1) is 0 Å². The van der Waals surface area contributed by atoms with Gasteiger partial charge in [-0.15, -0.1) is 5.10 Å². The van der Waals surface area contributed by atoms with Crippen LogP contribution in [0.2, 0.25) is 0 Å². The standard InChI is InChI=1S/C23H18F3N5O5/c1-12(2)36-22(35)17-10-27-31(20(17)23(24,25)26)15-6-4-14(5-7-15)30-11-18(28-29-30)13-3-8-19(32)16(9-13)21(33)34/h3-12,32H,1-2H3,(H,33,34). The van der Waals surface area contributed by atoms with Crippen LogP contribution in [0.1, 0.15) is 40.3 Å². The molecule has 0 radical (unpaired) electrons. The summed E-state index contributed by atoms with van der Waals surface area (Å²) in [6.07, 6.45) is -3.18. The lowest BCUT2D eigenvalue weighted by Crippen LogP contribution is -2.20. The number of alkyl halides is 3. The summed E-state index contributed by atoms with van der Waals surface area (Å²) in [6.45, 7) is 3.05. The predicted octanol–water partition coefficient (Wildman–Crippen LogP) is 4.11. The molecule has 0 spiro atoms. The maximum Gasteiger partial charge on any atom is 0.434 e. The van der Waals surface area contributed by atoms with Crippen LogP contribution in [0.4, 0.5) is 13.2 Å². The van der Waals surface area contributed by atoms with Crippen LogP contribution in [0.15, 0.2) is 54.9 Å². The summed E-state index contributed by atoms with van der Waals surface area (Å²) in [6, 6.07) is 9.60. The van der Waals surface area contributed by atoms with Crippen LogP contribution >= 0.6 is 0 Å². The molecule has 2 heterocycles. The molecule has 36 heavy (non-hydrogen) atoms. The predicted molar refractivity (Wildman–Crippen MR) is 118 cm³/mol. The van der Waals surface area contributed by atoms with E-state index in [-0.39, 0.29) is 11.3 Å². The van der Waals surface area contributed by atoms with E-state index in [4.69, 9.17) is 4.74 Å². The van der Waals surface area contributed by atoms with E-state index in [9.17, 15) is 33.0 Å². The fourth-order valence-corrected chi connectivity index (χ4v) is 3.38. The molecule has 0 amide bonds. The average Bonchev–Trinajstić information content (AvgIpc) is 3.47. The van der Waals surface area contributed by atoms with Gasteiger partial charge >= 0.3 is 18.1 Å². The number of aromatic hydroxyl groups is 1. The summed E-state index contributed by atoms with van der Waals surface area (Å²) < 4.78 is 48.2. The van der Waals surface area contributed by atoms with E-state index >= 15 is 0 Å². The lowest BCUT2D eigenvalue weighted by atomic mass is 10.1. The van der Waals surface area contributed by atoms with Gasteiger partial charge < -0.3 is 14.9 Å². The molecule has 2 aromatic heterocycles. The Morgan fingerprint density at radius 2 is 1.69 bits per heavy atom. The number of nitrogens with zero attached hydrogens (tertiary/aromatic N) is 5. The molecule has 0 aliphatic rings. The van der Waals surface area contributed by atoms with Gasteiger partial charge in [-0.1, -0.05) is 5.21 Å². The van der Waals surface area contributed by atoms with Crippen molar-refractivity contribution in [1.82, 2.24) is 24.8 Å². The van der Waals surface area contributed by atoms with Gasteiger partial charge in [0.2, 0.25) is 0 Å². The third-order valence-corrected chi connectivity index (χ3v) is 4.98. The fraction of sp³-hybridized carbons (Fsp3) is 0.174. The highest BCUT2D eigenvalue weighted by molar-refractivity contribution is 5.92. The number of ether oxygens (including phenoxy) is 1. The molecule has 13 heteroatoms. The number of hydrogen-bond acceptors (Lipinski definition) is 7. The van der Waals surface area contributed by atoms with Crippen molar-refractivity contribution in [1.29, 1.82) is 0 Å². The molecule has 4 aromatic rings. The van der Waals surface area contributed by atoms with Crippen molar-refractivity contribution in [2.24, 2.45) is 0 Å². The van der Waals surface area contributed by atoms with Crippen molar-refractivity contribution in [3.05, 3.63) is 71.7 Å². The lowest BCUT2D eigenvalue weighted by molar-refractivity contribution is -0.143. The number of halogens is 3. The molecule has 0 saturated heterocycles. The first-order valence-electron chi connectivity index (χ1n) is 10.4. The van der Waals surface area contributed by atoms with Crippen LogP contribution < -0.4 is 0 Å². The third kappa shape index (κ3) is 4.76. The Bertz CT molecular complexity index is 1440. The van der Waals surface area contributed by atoms with E-state index in [1.807, 2.05) is 0 Å². The minimum Gasteiger partial charge on any atom is -0.507 e. The number of carboxylic acids is 1. The van der Waals surface area contributed by atoms with E-state index in [0.29, 0.717) is 21.6 Å². The zero-order valence-corrected chi connectivity index (χ0v) is 18.8. The van der Waals surface area contributed by atoms with Crippen molar-refractivity contribution in [3.63, 3.8) is 0 Å². The molecule has 0 fully saturated rings. The van der Waals surface area contributed by atoms with E-state index in [2.05, 4.69) is 15.4 Å². The van der Waals surface area contributed by atoms with E-state index in [0.717, 1.165) is 6.20 Å². The number of carbonyl (C=O) groups is 2. The monoisotopic (exact) mass is 501 g/mol. The second-order valence-electron chi connectivity index (χ2n) is 7.87. The topological polar surface area (TPSA) is 132 Å². The number of rotatable bonds is 6. The number of phenols is 1. The number of esters is 1. The van der Waals surface area contributed by atoms with Gasteiger partial charge in [-0.2, -0.15) is 18.3 Å². The molecule has 2 aromatic carbocycles. The molecule has 0 unspecified atom stereocenters. The first-order chi connectivity index (χ1) is 17.0. The molecule has 0 bridgehead atoms. The van der Waals surface area contributed by atoms with Crippen LogP contribution in [0.5, 0.6) is 5.75 Å². The van der Waals surface area contributed by atoms with E-state index in [1.165, 1.54) is 67.2 Å². The molecule has 0 saturated carbocycles. The van der Waals surface area contributed by atoms with E-state index in [1.54, 1.807) is 0 Å². The second-order valence-corrected chi connectivity index (χ2v) is 7.87. The van der Waals surface area contributed by atoms with Crippen LogP contribution in [0.25, 0.3) is 22.6 Å². The second kappa shape index (κ2) is 9.17. The third-order valence-electron chi connectivity index (χ3n) is 4.98. The van der Waals surface area contributed by atoms with Crippen LogP contribution in [-0.2, 0) is 10.9 Å². The van der Waals surface area contributed by atoms with Crippen molar-refractivity contribution in [3.8, 4) is 28.4 Å². The molecule has 4 rings (SSSR count). The maximum atomic E-state index is 13.8. The molecule has 0 aliphatic carbocycles. The van der Waals surface area contributed by atoms with Gasteiger partial charge in [-0.3, -0.25) is 0 Å². The van der Waals surface area contributed by atoms with Crippen LogP contribution in [0.3, 0.4) is 0 Å². The van der Waals surface area contributed by atoms with Gasteiger partial charge in [0.05, 0.1) is 29.9 Å². The van der Waals surface area contributed by atoms with Gasteiger partial charge in [-0.25, -0.2) is 19.0 Å². The Morgan fingerprint density at radius 3 is 2.31 bits per heavy atom. The molecular formula is C23H18F3N5O5. The smallest absolute Gasteiger partial charge is 0.434 e. The van der Waals surface area contributed by atoms with Crippen molar-refractivity contribution >= 4 is 11.9 Å². The summed E-state index contributed by atoms with van der Waals surface area (Å²) in [7, 11) is 0. The number of aromatic carboxylic acids is 1. The zero-order chi connectivity index (χ0) is 26.2. The molecule has 0 aliphatic heterocycles. The minimum atomic E-state index is -4.87. The number of carbonyl (C=O) groups excluding carboxylic acids is 1. The van der Waals surface area contributed by atoms with Gasteiger partial charge in [0.15, 0.2) is 5.69 Å². The first kappa shape index (κ1) is 24.4. The van der Waals surface area contributed by atoms with Gasteiger partial charge in [0.25, 0.3) is 0 Å². The van der Waals surface area contributed by atoms with Gasteiger partial charge in [0, 0.05) is 5.56 Å². The maximum absolute atomic E-state index is 13.8. The molecular weight excluding hydrogens is 483 g/mol. The van der Waals surface area contributed by atoms with Crippen LogP contribution in [-0.4, -0.2) is 53.0 Å². The Labute approximate surface area is 201 Å². The zero-order valence-electron chi connectivity index (χ0n) is 18.8. The number of benzene rings is 2. The van der Waals surface area contributed by atoms with E-state index < -0.39 is 41.2 Å². The SMILES string of the molecule is CC(C)OC(=O)c1cnn(-c2ccc(-n3cc(-c4ccc(O)c(C(=O)O)c4)nn3)cc2)c1C(F)(F)F. The van der Waals surface area contributed by atoms with Gasteiger partial charge in [0.1, 0.15) is 22.6 Å². The Kier molecular flexibility index (Phi) is 6.23. The quantitative estimate of drug-likeness (QED) is 0.377. The fourth-order valence-electron chi connectivity index (χ4n) is 3.38. The Hall–Kier alpha value is -4.68. The highest BCUT2D eigenvalue weighted by Gasteiger charge is 2.41. The van der Waals surface area contributed by atoms with Gasteiger partial charge in [-0.05, 0) is 56.3 Å². The summed E-state index contributed by atoms with van der Waals surface area (Å²) in [5.41, 5.74) is -1.08. The summed E-state index contributed by atoms with van der Waals surface area (Å²) in [5, 5.41) is 30.5. The number of carboxylic acid groups (broad SMARTS) is 1. The van der Waals surface area contributed by atoms with Crippen molar-refractivity contribution in [2.45, 2.75) is 26.1 Å². The summed E-state index contributed by atoms with van der Waals surface area (Å²) in [5.74, 6) is -2.84. The molecule has 10 nitrogen and oxygen atoms in total.